The highest BCUT2D eigenvalue weighted by atomic mass is 35.5. The molecule has 1 heterocycles. The number of aliphatic hydroxyl groups is 1. The molecular formula is C15H11ClFNO3. The molecule has 0 saturated carbocycles. The number of hydrogen-bond donors (Lipinski definition) is 1. The molecule has 0 aliphatic carbocycles. The molecule has 1 atom stereocenters. The van der Waals surface area contributed by atoms with Crippen LogP contribution in [-0.2, 0) is 7.05 Å². The first-order valence-corrected chi connectivity index (χ1v) is 6.58. The smallest absolute Gasteiger partial charge is 0.408 e. The Morgan fingerprint density at radius 1 is 1.33 bits per heavy atom. The number of oxazole rings is 1. The number of benzene rings is 2. The number of hydrogen-bond acceptors (Lipinski definition) is 3. The molecule has 0 spiro atoms. The first kappa shape index (κ1) is 13.9. The highest BCUT2D eigenvalue weighted by molar-refractivity contribution is 6.30. The Kier molecular flexibility index (Phi) is 3.31. The average Bonchev–Trinajstić information content (AvgIpc) is 2.76. The molecule has 3 aromatic rings. The van der Waals surface area contributed by atoms with Crippen LogP contribution in [0.25, 0.3) is 11.1 Å². The zero-order chi connectivity index (χ0) is 15.1. The van der Waals surface area contributed by atoms with Gasteiger partial charge in [0.2, 0.25) is 0 Å². The number of halogens is 2. The summed E-state index contributed by atoms with van der Waals surface area (Å²) in [4.78, 5) is 11.4. The Labute approximate surface area is 124 Å². The van der Waals surface area contributed by atoms with Crippen molar-refractivity contribution < 1.29 is 13.9 Å². The van der Waals surface area contributed by atoms with Crippen molar-refractivity contribution in [2.75, 3.05) is 0 Å². The lowest BCUT2D eigenvalue weighted by molar-refractivity contribution is 0.215. The highest BCUT2D eigenvalue weighted by Crippen LogP contribution is 2.29. The lowest BCUT2D eigenvalue weighted by Gasteiger charge is -2.13. The third kappa shape index (κ3) is 2.24. The van der Waals surface area contributed by atoms with Crippen molar-refractivity contribution in [3.63, 3.8) is 0 Å². The second-order valence-corrected chi connectivity index (χ2v) is 5.11. The Morgan fingerprint density at radius 2 is 2.10 bits per heavy atom. The van der Waals surface area contributed by atoms with E-state index in [9.17, 15) is 14.3 Å². The fourth-order valence-electron chi connectivity index (χ4n) is 2.23. The van der Waals surface area contributed by atoms with Gasteiger partial charge in [-0.1, -0.05) is 29.8 Å². The summed E-state index contributed by atoms with van der Waals surface area (Å²) in [6.45, 7) is 0. The third-order valence-corrected chi connectivity index (χ3v) is 3.70. The van der Waals surface area contributed by atoms with Gasteiger partial charge in [-0.05, 0) is 23.8 Å². The SMILES string of the molecule is Cn1c(=O)oc2cc(C(O)c3cccc(Cl)c3F)ccc21. The van der Waals surface area contributed by atoms with E-state index in [1.165, 1.54) is 22.8 Å². The minimum absolute atomic E-state index is 0.0566. The summed E-state index contributed by atoms with van der Waals surface area (Å²) in [6.07, 6.45) is -1.20. The van der Waals surface area contributed by atoms with Gasteiger partial charge in [-0.15, -0.1) is 0 Å². The third-order valence-electron chi connectivity index (χ3n) is 3.41. The van der Waals surface area contributed by atoms with Crippen LogP contribution in [0.1, 0.15) is 17.2 Å². The number of nitrogens with zero attached hydrogens (tertiary/aromatic N) is 1. The molecule has 0 aliphatic heterocycles. The van der Waals surface area contributed by atoms with Crippen LogP contribution in [0.5, 0.6) is 0 Å². The summed E-state index contributed by atoms with van der Waals surface area (Å²) in [5, 5.41) is 10.3. The van der Waals surface area contributed by atoms with E-state index >= 15 is 0 Å². The van der Waals surface area contributed by atoms with Gasteiger partial charge >= 0.3 is 5.76 Å². The van der Waals surface area contributed by atoms with E-state index in [-0.39, 0.29) is 10.6 Å². The van der Waals surface area contributed by atoms with Crippen LogP contribution in [-0.4, -0.2) is 9.67 Å². The van der Waals surface area contributed by atoms with Crippen LogP contribution in [0, 0.1) is 5.82 Å². The van der Waals surface area contributed by atoms with Crippen molar-refractivity contribution in [3.05, 3.63) is 68.9 Å². The number of fused-ring (bicyclic) bond motifs is 1. The van der Waals surface area contributed by atoms with Crippen LogP contribution < -0.4 is 5.76 Å². The lowest BCUT2D eigenvalue weighted by atomic mass is 10.0. The summed E-state index contributed by atoms with van der Waals surface area (Å²) < 4.78 is 20.4. The van der Waals surface area contributed by atoms with E-state index in [2.05, 4.69) is 0 Å². The van der Waals surface area contributed by atoms with Crippen LogP contribution in [0.2, 0.25) is 5.02 Å². The molecule has 0 bridgehead atoms. The summed E-state index contributed by atoms with van der Waals surface area (Å²) in [5.41, 5.74) is 1.42. The molecule has 108 valence electrons. The van der Waals surface area contributed by atoms with Gasteiger partial charge in [-0.2, -0.15) is 0 Å². The molecule has 3 rings (SSSR count). The van der Waals surface area contributed by atoms with Crippen LogP contribution >= 0.6 is 11.6 Å². The molecule has 4 nitrogen and oxygen atoms in total. The number of aromatic nitrogens is 1. The van der Waals surface area contributed by atoms with E-state index < -0.39 is 17.7 Å². The maximum absolute atomic E-state index is 14.0. The fourth-order valence-corrected chi connectivity index (χ4v) is 2.41. The summed E-state index contributed by atoms with van der Waals surface area (Å²) in [5.74, 6) is -1.16. The minimum Gasteiger partial charge on any atom is -0.408 e. The van der Waals surface area contributed by atoms with Gasteiger partial charge in [0, 0.05) is 12.6 Å². The Hall–Kier alpha value is -2.11. The van der Waals surface area contributed by atoms with Crippen molar-refractivity contribution in [2.45, 2.75) is 6.10 Å². The highest BCUT2D eigenvalue weighted by Gasteiger charge is 2.18. The van der Waals surface area contributed by atoms with Gasteiger partial charge in [0.1, 0.15) is 11.9 Å². The minimum atomic E-state index is -1.20. The number of rotatable bonds is 2. The van der Waals surface area contributed by atoms with Gasteiger partial charge in [0.15, 0.2) is 5.58 Å². The molecule has 0 fully saturated rings. The molecular weight excluding hydrogens is 297 g/mol. The first-order valence-electron chi connectivity index (χ1n) is 6.20. The second kappa shape index (κ2) is 5.02. The van der Waals surface area contributed by atoms with Crippen molar-refractivity contribution in [3.8, 4) is 0 Å². The topological polar surface area (TPSA) is 55.4 Å². The normalized spacial score (nSPS) is 12.8. The zero-order valence-electron chi connectivity index (χ0n) is 11.0. The van der Waals surface area contributed by atoms with Crippen LogP contribution in [0.15, 0.2) is 45.6 Å². The maximum atomic E-state index is 14.0. The van der Waals surface area contributed by atoms with Gasteiger partial charge in [-0.25, -0.2) is 9.18 Å². The van der Waals surface area contributed by atoms with Crippen molar-refractivity contribution in [1.29, 1.82) is 0 Å². The van der Waals surface area contributed by atoms with E-state index in [1.54, 1.807) is 25.2 Å². The standard InChI is InChI=1S/C15H11ClFNO3/c1-18-11-6-5-8(7-12(11)21-15(18)20)14(19)9-3-2-4-10(16)13(9)17/h2-7,14,19H,1H3. The molecule has 6 heteroatoms. The van der Waals surface area contributed by atoms with Crippen LogP contribution in [0.4, 0.5) is 4.39 Å². The quantitative estimate of drug-likeness (QED) is 0.792. The summed E-state index contributed by atoms with van der Waals surface area (Å²) in [7, 11) is 1.58. The molecule has 1 aromatic heterocycles. The van der Waals surface area contributed by atoms with Gasteiger partial charge in [-0.3, -0.25) is 4.57 Å². The zero-order valence-corrected chi connectivity index (χ0v) is 11.8. The van der Waals surface area contributed by atoms with Crippen molar-refractivity contribution >= 4 is 22.7 Å². The Balaban J connectivity index is 2.11. The van der Waals surface area contributed by atoms with E-state index in [4.69, 9.17) is 16.0 Å². The molecule has 21 heavy (non-hydrogen) atoms. The van der Waals surface area contributed by atoms with E-state index in [1.807, 2.05) is 0 Å². The molecule has 0 amide bonds. The van der Waals surface area contributed by atoms with Gasteiger partial charge < -0.3 is 9.52 Å². The molecule has 1 N–H and O–H groups in total. The van der Waals surface area contributed by atoms with E-state index in [0.717, 1.165) is 0 Å². The van der Waals surface area contributed by atoms with E-state index in [0.29, 0.717) is 16.7 Å². The second-order valence-electron chi connectivity index (χ2n) is 4.70. The monoisotopic (exact) mass is 307 g/mol. The first-order chi connectivity index (χ1) is 9.99. The number of aliphatic hydroxyl groups excluding tert-OH is 1. The molecule has 1 unspecified atom stereocenters. The van der Waals surface area contributed by atoms with Gasteiger partial charge in [0.05, 0.1) is 10.5 Å². The lowest BCUT2D eigenvalue weighted by Crippen LogP contribution is -2.08. The van der Waals surface area contributed by atoms with Crippen molar-refractivity contribution in [2.24, 2.45) is 7.05 Å². The molecule has 0 saturated heterocycles. The summed E-state index contributed by atoms with van der Waals surface area (Å²) in [6, 6.07) is 9.19. The fraction of sp³-hybridized carbons (Fsp3) is 0.133. The molecule has 0 aliphatic rings. The molecule has 2 aromatic carbocycles. The van der Waals surface area contributed by atoms with Crippen LogP contribution in [0.3, 0.4) is 0 Å². The molecule has 0 radical (unpaired) electrons. The summed E-state index contributed by atoms with van der Waals surface area (Å²) >= 11 is 5.72. The van der Waals surface area contributed by atoms with Gasteiger partial charge in [0.25, 0.3) is 0 Å². The van der Waals surface area contributed by atoms with Crippen molar-refractivity contribution in [1.82, 2.24) is 4.57 Å². The predicted molar refractivity (Wildman–Crippen MR) is 76.9 cm³/mol. The largest absolute Gasteiger partial charge is 0.419 e. The number of aryl methyl sites for hydroxylation is 1. The maximum Gasteiger partial charge on any atom is 0.419 e. The average molecular weight is 308 g/mol. The predicted octanol–water partition coefficient (Wildman–Crippen LogP) is 3.01. The Morgan fingerprint density at radius 3 is 2.86 bits per heavy atom. The Bertz CT molecular complexity index is 884.